The second-order valence-corrected chi connectivity index (χ2v) is 5.99. The second-order valence-electron chi connectivity index (χ2n) is 3.88. The highest BCUT2D eigenvalue weighted by molar-refractivity contribution is 7.98. The van der Waals surface area contributed by atoms with Crippen molar-refractivity contribution in [2.75, 3.05) is 5.84 Å². The second kappa shape index (κ2) is 6.07. The fraction of sp³-hybridized carbons (Fsp3) is 0.364. The minimum atomic E-state index is -0.895. The molecule has 0 unspecified atom stereocenters. The summed E-state index contributed by atoms with van der Waals surface area (Å²) in [7, 11) is 0. The number of thiophene rings is 1. The number of aryl methyl sites for hydroxylation is 1. The van der Waals surface area contributed by atoms with E-state index in [-0.39, 0.29) is 0 Å². The van der Waals surface area contributed by atoms with Gasteiger partial charge in [0.15, 0.2) is 5.82 Å². The molecule has 3 N–H and O–H groups in total. The number of nitrogen functional groups attached to an aromatic ring is 1. The maximum Gasteiger partial charge on any atom is 0.345 e. The summed E-state index contributed by atoms with van der Waals surface area (Å²) in [4.78, 5) is 12.1. The SMILES string of the molecule is CCCc1nnc(SCc2ccc(C(=O)O)s2)n1N. The van der Waals surface area contributed by atoms with E-state index in [2.05, 4.69) is 17.1 Å². The summed E-state index contributed by atoms with van der Waals surface area (Å²) in [5.74, 6) is 6.40. The van der Waals surface area contributed by atoms with Crippen molar-refractivity contribution in [1.82, 2.24) is 14.9 Å². The molecular weight excluding hydrogens is 284 g/mol. The molecule has 6 nitrogen and oxygen atoms in total. The Kier molecular flexibility index (Phi) is 4.43. The zero-order valence-corrected chi connectivity index (χ0v) is 12.0. The van der Waals surface area contributed by atoms with Crippen molar-refractivity contribution >= 4 is 29.1 Å². The van der Waals surface area contributed by atoms with Gasteiger partial charge in [-0.3, -0.25) is 0 Å². The first-order valence-electron chi connectivity index (χ1n) is 5.76. The molecule has 0 fully saturated rings. The summed E-state index contributed by atoms with van der Waals surface area (Å²) in [5.41, 5.74) is 0. The van der Waals surface area contributed by atoms with E-state index in [1.54, 1.807) is 6.07 Å². The summed E-state index contributed by atoms with van der Waals surface area (Å²) >= 11 is 2.72. The molecule has 0 spiro atoms. The van der Waals surface area contributed by atoms with Crippen LogP contribution >= 0.6 is 23.1 Å². The number of carboxylic acids is 1. The molecule has 0 aromatic carbocycles. The minimum absolute atomic E-state index is 0.344. The molecule has 2 heterocycles. The van der Waals surface area contributed by atoms with Crippen LogP contribution in [0.5, 0.6) is 0 Å². The molecule has 0 bridgehead atoms. The molecule has 0 aliphatic carbocycles. The van der Waals surface area contributed by atoms with Crippen molar-refractivity contribution in [3.8, 4) is 0 Å². The quantitative estimate of drug-likeness (QED) is 0.625. The summed E-state index contributed by atoms with van der Waals surface area (Å²) in [6.45, 7) is 2.06. The van der Waals surface area contributed by atoms with Crippen LogP contribution < -0.4 is 5.84 Å². The number of nitrogens with zero attached hydrogens (tertiary/aromatic N) is 3. The summed E-state index contributed by atoms with van der Waals surface area (Å²) in [5, 5.41) is 17.6. The Morgan fingerprint density at radius 3 is 2.95 bits per heavy atom. The number of carboxylic acid groups (broad SMARTS) is 1. The topological polar surface area (TPSA) is 94.0 Å². The lowest BCUT2D eigenvalue weighted by atomic mass is 10.3. The van der Waals surface area contributed by atoms with Crippen LogP contribution in [0.1, 0.15) is 33.7 Å². The third-order valence-electron chi connectivity index (χ3n) is 2.42. The van der Waals surface area contributed by atoms with Crippen LogP contribution in [-0.4, -0.2) is 25.9 Å². The largest absolute Gasteiger partial charge is 0.477 e. The molecule has 102 valence electrons. The van der Waals surface area contributed by atoms with Crippen LogP contribution in [0.3, 0.4) is 0 Å². The first-order valence-corrected chi connectivity index (χ1v) is 7.56. The monoisotopic (exact) mass is 298 g/mol. The molecule has 19 heavy (non-hydrogen) atoms. The van der Waals surface area contributed by atoms with Gasteiger partial charge in [0.1, 0.15) is 4.88 Å². The predicted molar refractivity (Wildman–Crippen MR) is 75.0 cm³/mol. The Hall–Kier alpha value is -1.54. The highest BCUT2D eigenvalue weighted by atomic mass is 32.2. The van der Waals surface area contributed by atoms with Crippen molar-refractivity contribution in [2.45, 2.75) is 30.7 Å². The van der Waals surface area contributed by atoms with E-state index < -0.39 is 5.97 Å². The smallest absolute Gasteiger partial charge is 0.345 e. The van der Waals surface area contributed by atoms with E-state index in [1.165, 1.54) is 27.8 Å². The standard InChI is InChI=1S/C11H14N4O2S2/c1-2-3-9-13-14-11(15(9)12)18-6-7-4-5-8(19-7)10(16)17/h4-5H,2-3,6,12H2,1H3,(H,16,17). The van der Waals surface area contributed by atoms with Crippen LogP contribution in [-0.2, 0) is 12.2 Å². The van der Waals surface area contributed by atoms with Crippen LogP contribution in [0.2, 0.25) is 0 Å². The Balaban J connectivity index is 1.99. The van der Waals surface area contributed by atoms with Crippen molar-refractivity contribution in [1.29, 1.82) is 0 Å². The van der Waals surface area contributed by atoms with Crippen molar-refractivity contribution in [3.05, 3.63) is 27.7 Å². The molecule has 0 aliphatic heterocycles. The molecule has 0 aliphatic rings. The number of hydrogen-bond acceptors (Lipinski definition) is 6. The van der Waals surface area contributed by atoms with Gasteiger partial charge >= 0.3 is 5.97 Å². The van der Waals surface area contributed by atoms with Gasteiger partial charge in [-0.2, -0.15) is 0 Å². The van der Waals surface area contributed by atoms with E-state index in [1.807, 2.05) is 6.07 Å². The number of thioether (sulfide) groups is 1. The molecule has 0 radical (unpaired) electrons. The van der Waals surface area contributed by atoms with Gasteiger partial charge in [0.25, 0.3) is 0 Å². The lowest BCUT2D eigenvalue weighted by Gasteiger charge is -2.01. The Labute approximate surface area is 118 Å². The predicted octanol–water partition coefficient (Wildman–Crippen LogP) is 2.00. The van der Waals surface area contributed by atoms with E-state index in [0.29, 0.717) is 15.8 Å². The fourth-order valence-corrected chi connectivity index (χ4v) is 3.27. The van der Waals surface area contributed by atoms with Gasteiger partial charge < -0.3 is 10.9 Å². The van der Waals surface area contributed by atoms with Gasteiger partial charge in [-0.05, 0) is 18.6 Å². The molecule has 0 atom stereocenters. The van der Waals surface area contributed by atoms with Crippen LogP contribution in [0.25, 0.3) is 0 Å². The van der Waals surface area contributed by atoms with Crippen molar-refractivity contribution < 1.29 is 9.90 Å². The highest BCUT2D eigenvalue weighted by Gasteiger charge is 2.11. The molecule has 2 aromatic heterocycles. The van der Waals surface area contributed by atoms with E-state index in [0.717, 1.165) is 23.5 Å². The third kappa shape index (κ3) is 3.27. The van der Waals surface area contributed by atoms with Gasteiger partial charge in [0.2, 0.25) is 5.16 Å². The first-order chi connectivity index (χ1) is 9.11. The number of carbonyl (C=O) groups is 1. The lowest BCUT2D eigenvalue weighted by molar-refractivity contribution is 0.0702. The number of rotatable bonds is 6. The molecule has 0 saturated carbocycles. The average Bonchev–Trinajstić information content (AvgIpc) is 2.97. The van der Waals surface area contributed by atoms with Gasteiger partial charge in [0.05, 0.1) is 0 Å². The van der Waals surface area contributed by atoms with Crippen LogP contribution in [0.4, 0.5) is 0 Å². The van der Waals surface area contributed by atoms with Crippen LogP contribution in [0.15, 0.2) is 17.3 Å². The molecule has 0 saturated heterocycles. The highest BCUT2D eigenvalue weighted by Crippen LogP contribution is 2.25. The Bertz CT molecular complexity index is 579. The van der Waals surface area contributed by atoms with E-state index in [9.17, 15) is 4.79 Å². The number of nitrogens with two attached hydrogens (primary N) is 1. The van der Waals surface area contributed by atoms with Crippen LogP contribution in [0, 0.1) is 0 Å². The van der Waals surface area contributed by atoms with E-state index >= 15 is 0 Å². The zero-order valence-electron chi connectivity index (χ0n) is 10.4. The van der Waals surface area contributed by atoms with Gasteiger partial charge in [-0.15, -0.1) is 21.5 Å². The number of aromatic carboxylic acids is 1. The normalized spacial score (nSPS) is 10.8. The third-order valence-corrected chi connectivity index (χ3v) is 4.67. The minimum Gasteiger partial charge on any atom is -0.477 e. The summed E-state index contributed by atoms with van der Waals surface area (Å²) in [6.07, 6.45) is 1.76. The number of hydrogen-bond donors (Lipinski definition) is 2. The van der Waals surface area contributed by atoms with Crippen molar-refractivity contribution in [2.24, 2.45) is 0 Å². The zero-order chi connectivity index (χ0) is 13.8. The molecular formula is C11H14N4O2S2. The number of aromatic nitrogens is 3. The van der Waals surface area contributed by atoms with E-state index in [4.69, 9.17) is 10.9 Å². The Morgan fingerprint density at radius 2 is 2.32 bits per heavy atom. The van der Waals surface area contributed by atoms with Gasteiger partial charge in [-0.1, -0.05) is 18.7 Å². The Morgan fingerprint density at radius 1 is 1.53 bits per heavy atom. The average molecular weight is 298 g/mol. The first kappa shape index (κ1) is 13.9. The van der Waals surface area contributed by atoms with Gasteiger partial charge in [-0.25, -0.2) is 9.47 Å². The van der Waals surface area contributed by atoms with Gasteiger partial charge in [0, 0.05) is 17.1 Å². The molecule has 0 amide bonds. The molecule has 8 heteroatoms. The fourth-order valence-electron chi connectivity index (χ4n) is 1.51. The molecule has 2 rings (SSSR count). The van der Waals surface area contributed by atoms with Crippen molar-refractivity contribution in [3.63, 3.8) is 0 Å². The maximum absolute atomic E-state index is 10.8. The molecule has 2 aromatic rings. The maximum atomic E-state index is 10.8. The summed E-state index contributed by atoms with van der Waals surface area (Å²) < 4.78 is 1.50. The lowest BCUT2D eigenvalue weighted by Crippen LogP contribution is -2.13. The summed E-state index contributed by atoms with van der Waals surface area (Å²) in [6, 6.07) is 3.42.